The highest BCUT2D eigenvalue weighted by Crippen LogP contribution is 2.31. The van der Waals surface area contributed by atoms with Gasteiger partial charge in [-0.1, -0.05) is 68.9 Å². The summed E-state index contributed by atoms with van der Waals surface area (Å²) in [6.45, 7) is 4.46. The molecule has 0 unspecified atom stereocenters. The third-order valence-corrected chi connectivity index (χ3v) is 5.83. The number of hydrogen-bond acceptors (Lipinski definition) is 0. The lowest BCUT2D eigenvalue weighted by Gasteiger charge is -2.25. The number of benzene rings is 2. The molecule has 0 N–H and O–H groups in total. The van der Waals surface area contributed by atoms with Crippen molar-refractivity contribution in [3.05, 3.63) is 70.8 Å². The third kappa shape index (κ3) is 6.32. The van der Waals surface area contributed by atoms with Crippen LogP contribution in [0, 0.1) is 35.5 Å². The van der Waals surface area contributed by atoms with Crippen molar-refractivity contribution in [2.24, 2.45) is 11.8 Å². The van der Waals surface area contributed by atoms with Gasteiger partial charge in [-0.05, 0) is 80.0 Å². The van der Waals surface area contributed by atoms with Gasteiger partial charge in [0.15, 0.2) is 0 Å². The largest absolute Gasteiger partial charge is 0.0945 e. The Balaban J connectivity index is 1.53. The van der Waals surface area contributed by atoms with Crippen LogP contribution >= 0.6 is 0 Å². The summed E-state index contributed by atoms with van der Waals surface area (Å²) in [7, 11) is 0. The number of hydrogen-bond donors (Lipinski definition) is 0. The van der Waals surface area contributed by atoms with Gasteiger partial charge in [0.25, 0.3) is 0 Å². The van der Waals surface area contributed by atoms with Gasteiger partial charge in [0.2, 0.25) is 0 Å². The number of unbranched alkanes of at least 4 members (excludes halogenated alkanes) is 1. The minimum Gasteiger partial charge on any atom is -0.0945 e. The van der Waals surface area contributed by atoms with Crippen molar-refractivity contribution in [2.45, 2.75) is 65.2 Å². The van der Waals surface area contributed by atoms with Gasteiger partial charge >= 0.3 is 0 Å². The average molecular weight is 369 g/mol. The third-order valence-electron chi connectivity index (χ3n) is 5.83. The van der Waals surface area contributed by atoms with Gasteiger partial charge in [0.05, 0.1) is 0 Å². The molecule has 0 heteroatoms. The molecule has 1 fully saturated rings. The van der Waals surface area contributed by atoms with Crippen LogP contribution in [0.15, 0.2) is 48.5 Å². The highest BCUT2D eigenvalue weighted by atomic mass is 14.2. The van der Waals surface area contributed by atoms with Crippen LogP contribution in [0.5, 0.6) is 0 Å². The van der Waals surface area contributed by atoms with Gasteiger partial charge in [-0.2, -0.15) is 0 Å². The number of rotatable bonds is 4. The zero-order chi connectivity index (χ0) is 19.6. The zero-order valence-corrected chi connectivity index (χ0v) is 17.4. The quantitative estimate of drug-likeness (QED) is 0.510. The monoisotopic (exact) mass is 368 g/mol. The molecule has 1 aliphatic carbocycles. The van der Waals surface area contributed by atoms with E-state index in [9.17, 15) is 0 Å². The Bertz CT molecular complexity index is 839. The Labute approximate surface area is 171 Å². The molecule has 0 bridgehead atoms. The molecule has 0 aromatic heterocycles. The molecular formula is C28H32. The van der Waals surface area contributed by atoms with Crippen LogP contribution in [-0.4, -0.2) is 0 Å². The van der Waals surface area contributed by atoms with Crippen LogP contribution in [0.25, 0.3) is 0 Å². The number of aryl methyl sites for hydroxylation is 1. The fraction of sp³-hybridized carbons (Fsp3) is 0.429. The molecule has 0 aliphatic heterocycles. The van der Waals surface area contributed by atoms with E-state index in [0.29, 0.717) is 5.92 Å². The molecule has 0 nitrogen and oxygen atoms in total. The molecule has 0 radical (unpaired) electrons. The normalized spacial score (nSPS) is 18.5. The lowest BCUT2D eigenvalue weighted by Crippen LogP contribution is -2.13. The van der Waals surface area contributed by atoms with Crippen LogP contribution in [0.3, 0.4) is 0 Å². The fourth-order valence-electron chi connectivity index (χ4n) is 3.88. The summed E-state index contributed by atoms with van der Waals surface area (Å²) < 4.78 is 0. The molecule has 0 amide bonds. The van der Waals surface area contributed by atoms with E-state index in [1.54, 1.807) is 0 Å². The molecular weight excluding hydrogens is 336 g/mol. The smallest absolute Gasteiger partial charge is 0.0249 e. The van der Waals surface area contributed by atoms with Gasteiger partial charge in [0.1, 0.15) is 0 Å². The Hall–Kier alpha value is -2.44. The molecule has 0 heterocycles. The molecule has 2 aromatic carbocycles. The maximum Gasteiger partial charge on any atom is 0.0249 e. The van der Waals surface area contributed by atoms with Crippen LogP contribution in [0.1, 0.15) is 81.0 Å². The van der Waals surface area contributed by atoms with E-state index < -0.39 is 0 Å². The molecule has 2 aromatic rings. The molecule has 0 spiro atoms. The van der Waals surface area contributed by atoms with Gasteiger partial charge in [-0.3, -0.25) is 0 Å². The maximum atomic E-state index is 3.52. The first kappa shape index (κ1) is 20.3. The van der Waals surface area contributed by atoms with Crippen molar-refractivity contribution < 1.29 is 0 Å². The first-order valence-corrected chi connectivity index (χ1v) is 11.0. The summed E-state index contributed by atoms with van der Waals surface area (Å²) in [4.78, 5) is 0. The van der Waals surface area contributed by atoms with E-state index in [0.717, 1.165) is 29.0 Å². The van der Waals surface area contributed by atoms with Crippen molar-refractivity contribution >= 4 is 0 Å². The Morgan fingerprint density at radius 1 is 0.714 bits per heavy atom. The standard InChI is InChI=1S/C28H32/c1-3-5-6-24-11-13-26(14-12-24)17-18-28-21-19-27(20-22-28)16-15-25-9-7-23(4-2)8-10-25/h7-10,19-22,24,26H,3-6,11-14H2,1-2H3. The first-order valence-electron chi connectivity index (χ1n) is 11.0. The van der Waals surface area contributed by atoms with Crippen LogP contribution in [-0.2, 0) is 6.42 Å². The van der Waals surface area contributed by atoms with E-state index in [1.165, 1.54) is 50.5 Å². The Kier molecular flexibility index (Phi) is 7.82. The van der Waals surface area contributed by atoms with Crippen molar-refractivity contribution in [2.75, 3.05) is 0 Å². The van der Waals surface area contributed by atoms with Crippen molar-refractivity contribution in [1.29, 1.82) is 0 Å². The molecule has 144 valence electrons. The lowest BCUT2D eigenvalue weighted by molar-refractivity contribution is 0.296. The minimum atomic E-state index is 0.587. The topological polar surface area (TPSA) is 0 Å². The van der Waals surface area contributed by atoms with Gasteiger partial charge in [-0.15, -0.1) is 0 Å². The summed E-state index contributed by atoms with van der Waals surface area (Å²) in [6.07, 6.45) is 10.5. The molecule has 28 heavy (non-hydrogen) atoms. The van der Waals surface area contributed by atoms with E-state index in [4.69, 9.17) is 0 Å². The second-order valence-electron chi connectivity index (χ2n) is 8.01. The second-order valence-corrected chi connectivity index (χ2v) is 8.01. The van der Waals surface area contributed by atoms with Gasteiger partial charge < -0.3 is 0 Å². The van der Waals surface area contributed by atoms with Crippen LogP contribution < -0.4 is 0 Å². The summed E-state index contributed by atoms with van der Waals surface area (Å²) in [5, 5.41) is 0. The highest BCUT2D eigenvalue weighted by molar-refractivity contribution is 5.46. The van der Waals surface area contributed by atoms with Gasteiger partial charge in [0, 0.05) is 22.6 Å². The first-order chi connectivity index (χ1) is 13.8. The summed E-state index contributed by atoms with van der Waals surface area (Å²) >= 11 is 0. The van der Waals surface area contributed by atoms with Crippen molar-refractivity contribution in [3.8, 4) is 23.7 Å². The lowest BCUT2D eigenvalue weighted by atomic mass is 9.80. The van der Waals surface area contributed by atoms with Crippen molar-refractivity contribution in [3.63, 3.8) is 0 Å². The predicted molar refractivity (Wildman–Crippen MR) is 120 cm³/mol. The molecule has 1 aliphatic rings. The van der Waals surface area contributed by atoms with Crippen LogP contribution in [0.2, 0.25) is 0 Å². The van der Waals surface area contributed by atoms with E-state index >= 15 is 0 Å². The fourth-order valence-corrected chi connectivity index (χ4v) is 3.88. The zero-order valence-electron chi connectivity index (χ0n) is 17.4. The van der Waals surface area contributed by atoms with Gasteiger partial charge in [-0.25, -0.2) is 0 Å². The maximum absolute atomic E-state index is 3.52. The van der Waals surface area contributed by atoms with Crippen molar-refractivity contribution in [1.82, 2.24) is 0 Å². The summed E-state index contributed by atoms with van der Waals surface area (Å²) in [5.74, 6) is 14.9. The molecule has 3 rings (SSSR count). The summed E-state index contributed by atoms with van der Waals surface area (Å²) in [5.41, 5.74) is 4.56. The summed E-state index contributed by atoms with van der Waals surface area (Å²) in [6, 6.07) is 16.9. The predicted octanol–water partition coefficient (Wildman–Crippen LogP) is 7.00. The average Bonchev–Trinajstić information content (AvgIpc) is 2.76. The molecule has 0 atom stereocenters. The minimum absolute atomic E-state index is 0.587. The Morgan fingerprint density at radius 3 is 1.79 bits per heavy atom. The van der Waals surface area contributed by atoms with E-state index in [2.05, 4.69) is 86.1 Å². The van der Waals surface area contributed by atoms with Crippen LogP contribution in [0.4, 0.5) is 0 Å². The molecule has 1 saturated carbocycles. The Morgan fingerprint density at radius 2 is 1.25 bits per heavy atom. The highest BCUT2D eigenvalue weighted by Gasteiger charge is 2.19. The second kappa shape index (κ2) is 10.8. The van der Waals surface area contributed by atoms with E-state index in [1.807, 2.05) is 0 Å². The molecule has 0 saturated heterocycles. The SMILES string of the molecule is CCCCC1CCC(C#Cc2ccc(C#Cc3ccc(CC)cc3)cc2)CC1. The van der Waals surface area contributed by atoms with E-state index in [-0.39, 0.29) is 0 Å².